The standard InChI is InChI=1S/C32H56O3/c1-5-7-9-10-11-12-13-14-15-16-17-18-19-20-21-23-31(33)35-30-25-28(22-8-6-2)32(34)29(26-30)24-27(3)4/h25-27,34H,5-24H2,1-4H3. The second kappa shape index (κ2) is 20.7. The zero-order valence-corrected chi connectivity index (χ0v) is 23.6. The summed E-state index contributed by atoms with van der Waals surface area (Å²) >= 11 is 0. The second-order valence-electron chi connectivity index (χ2n) is 11.0. The van der Waals surface area contributed by atoms with E-state index in [9.17, 15) is 9.90 Å². The molecule has 1 rings (SSSR count). The topological polar surface area (TPSA) is 46.5 Å². The van der Waals surface area contributed by atoms with E-state index in [1.165, 1.54) is 83.5 Å². The van der Waals surface area contributed by atoms with Crippen LogP contribution in [0.3, 0.4) is 0 Å². The molecular weight excluding hydrogens is 432 g/mol. The van der Waals surface area contributed by atoms with Crippen LogP contribution in [0.2, 0.25) is 0 Å². The van der Waals surface area contributed by atoms with Gasteiger partial charge in [0.1, 0.15) is 11.5 Å². The fourth-order valence-electron chi connectivity index (χ4n) is 4.76. The number of hydrogen-bond donors (Lipinski definition) is 1. The molecule has 0 saturated carbocycles. The van der Waals surface area contributed by atoms with Gasteiger partial charge in [-0.15, -0.1) is 0 Å². The minimum atomic E-state index is -0.151. The summed E-state index contributed by atoms with van der Waals surface area (Å²) in [4.78, 5) is 12.4. The molecule has 35 heavy (non-hydrogen) atoms. The van der Waals surface area contributed by atoms with Gasteiger partial charge in [-0.2, -0.15) is 0 Å². The van der Waals surface area contributed by atoms with E-state index in [4.69, 9.17) is 4.74 Å². The maximum absolute atomic E-state index is 12.4. The Bertz CT molecular complexity index is 665. The average molecular weight is 489 g/mol. The Morgan fingerprint density at radius 1 is 0.714 bits per heavy atom. The normalized spacial score (nSPS) is 11.3. The van der Waals surface area contributed by atoms with Crippen molar-refractivity contribution in [1.82, 2.24) is 0 Å². The first-order valence-corrected chi connectivity index (χ1v) is 15.0. The molecule has 3 heteroatoms. The van der Waals surface area contributed by atoms with E-state index in [0.29, 0.717) is 23.8 Å². The number of ether oxygens (including phenoxy) is 1. The summed E-state index contributed by atoms with van der Waals surface area (Å²) in [7, 11) is 0. The molecule has 0 aliphatic heterocycles. The van der Waals surface area contributed by atoms with Crippen LogP contribution >= 0.6 is 0 Å². The Hall–Kier alpha value is -1.51. The highest BCUT2D eigenvalue weighted by atomic mass is 16.5. The number of rotatable bonds is 22. The summed E-state index contributed by atoms with van der Waals surface area (Å²) in [5, 5.41) is 10.6. The summed E-state index contributed by atoms with van der Waals surface area (Å²) in [5.41, 5.74) is 1.79. The minimum Gasteiger partial charge on any atom is -0.507 e. The molecule has 0 unspecified atom stereocenters. The van der Waals surface area contributed by atoms with E-state index in [0.717, 1.165) is 49.7 Å². The monoisotopic (exact) mass is 488 g/mol. The van der Waals surface area contributed by atoms with Crippen LogP contribution in [0.25, 0.3) is 0 Å². The number of carbonyl (C=O) groups excluding carboxylic acids is 1. The molecular formula is C32H56O3. The average Bonchev–Trinajstić information content (AvgIpc) is 2.82. The molecule has 0 bridgehead atoms. The van der Waals surface area contributed by atoms with Crippen molar-refractivity contribution >= 4 is 5.97 Å². The lowest BCUT2D eigenvalue weighted by Crippen LogP contribution is -2.09. The van der Waals surface area contributed by atoms with Crippen LogP contribution in [0, 0.1) is 5.92 Å². The molecule has 1 aromatic carbocycles. The van der Waals surface area contributed by atoms with Crippen molar-refractivity contribution in [2.45, 2.75) is 156 Å². The van der Waals surface area contributed by atoms with Gasteiger partial charge in [-0.3, -0.25) is 4.79 Å². The lowest BCUT2D eigenvalue weighted by Gasteiger charge is -2.14. The van der Waals surface area contributed by atoms with E-state index < -0.39 is 0 Å². The van der Waals surface area contributed by atoms with Crippen molar-refractivity contribution in [1.29, 1.82) is 0 Å². The molecule has 1 aromatic rings. The maximum atomic E-state index is 12.4. The highest BCUT2D eigenvalue weighted by Gasteiger charge is 2.14. The van der Waals surface area contributed by atoms with Crippen molar-refractivity contribution in [3.63, 3.8) is 0 Å². The van der Waals surface area contributed by atoms with Crippen LogP contribution in [-0.4, -0.2) is 11.1 Å². The molecule has 0 fully saturated rings. The Kier molecular flexibility index (Phi) is 18.6. The first-order valence-electron chi connectivity index (χ1n) is 15.0. The fraction of sp³-hybridized carbons (Fsp3) is 0.781. The number of phenols is 1. The highest BCUT2D eigenvalue weighted by Crippen LogP contribution is 2.32. The first kappa shape index (κ1) is 31.5. The zero-order valence-electron chi connectivity index (χ0n) is 23.6. The number of benzene rings is 1. The third-order valence-electron chi connectivity index (χ3n) is 6.89. The smallest absolute Gasteiger partial charge is 0.311 e. The molecule has 0 heterocycles. The minimum absolute atomic E-state index is 0.151. The summed E-state index contributed by atoms with van der Waals surface area (Å²) in [6.45, 7) is 8.70. The summed E-state index contributed by atoms with van der Waals surface area (Å²) in [5.74, 6) is 1.26. The molecule has 202 valence electrons. The maximum Gasteiger partial charge on any atom is 0.311 e. The van der Waals surface area contributed by atoms with Gasteiger partial charge >= 0.3 is 5.97 Å². The van der Waals surface area contributed by atoms with E-state index in [-0.39, 0.29) is 5.97 Å². The summed E-state index contributed by atoms with van der Waals surface area (Å²) in [6.07, 6.45) is 24.0. The van der Waals surface area contributed by atoms with Crippen molar-refractivity contribution in [2.75, 3.05) is 0 Å². The number of carbonyl (C=O) groups is 1. The molecule has 0 aliphatic rings. The van der Waals surface area contributed by atoms with Crippen LogP contribution in [0.4, 0.5) is 0 Å². The van der Waals surface area contributed by atoms with Crippen LogP contribution in [0.15, 0.2) is 12.1 Å². The summed E-state index contributed by atoms with van der Waals surface area (Å²) in [6, 6.07) is 3.72. The van der Waals surface area contributed by atoms with Crippen LogP contribution in [0.5, 0.6) is 11.5 Å². The van der Waals surface area contributed by atoms with Gasteiger partial charge < -0.3 is 9.84 Å². The van der Waals surface area contributed by atoms with Gasteiger partial charge in [-0.05, 0) is 54.9 Å². The third kappa shape index (κ3) is 16.0. The van der Waals surface area contributed by atoms with Crippen LogP contribution in [-0.2, 0) is 17.6 Å². The fourth-order valence-corrected chi connectivity index (χ4v) is 4.76. The molecule has 0 aliphatic carbocycles. The molecule has 3 nitrogen and oxygen atoms in total. The number of phenolic OH excluding ortho intramolecular Hbond substituents is 1. The molecule has 0 atom stereocenters. The Balaban J connectivity index is 2.18. The second-order valence-corrected chi connectivity index (χ2v) is 11.0. The Morgan fingerprint density at radius 2 is 1.17 bits per heavy atom. The third-order valence-corrected chi connectivity index (χ3v) is 6.89. The van der Waals surface area contributed by atoms with Gasteiger partial charge in [0.25, 0.3) is 0 Å². The van der Waals surface area contributed by atoms with Crippen molar-refractivity contribution < 1.29 is 14.6 Å². The van der Waals surface area contributed by atoms with Gasteiger partial charge in [-0.1, -0.05) is 124 Å². The van der Waals surface area contributed by atoms with Crippen molar-refractivity contribution in [3.05, 3.63) is 23.3 Å². The quantitative estimate of drug-likeness (QED) is 0.100. The van der Waals surface area contributed by atoms with E-state index in [1.54, 1.807) is 0 Å². The molecule has 0 aromatic heterocycles. The van der Waals surface area contributed by atoms with E-state index in [1.807, 2.05) is 12.1 Å². The lowest BCUT2D eigenvalue weighted by atomic mass is 9.97. The van der Waals surface area contributed by atoms with Gasteiger partial charge in [-0.25, -0.2) is 0 Å². The van der Waals surface area contributed by atoms with Gasteiger partial charge in [0.2, 0.25) is 0 Å². The van der Waals surface area contributed by atoms with Crippen LogP contribution < -0.4 is 4.74 Å². The number of hydrogen-bond acceptors (Lipinski definition) is 3. The van der Waals surface area contributed by atoms with Gasteiger partial charge in [0.05, 0.1) is 0 Å². The number of esters is 1. The van der Waals surface area contributed by atoms with Gasteiger partial charge in [0.15, 0.2) is 0 Å². The predicted octanol–water partition coefficient (Wildman–Crippen LogP) is 10.1. The molecule has 0 spiro atoms. The largest absolute Gasteiger partial charge is 0.507 e. The zero-order chi connectivity index (χ0) is 25.7. The molecule has 0 amide bonds. The Labute approximate surface area is 217 Å². The molecule has 0 saturated heterocycles. The van der Waals surface area contributed by atoms with Gasteiger partial charge in [0, 0.05) is 6.42 Å². The van der Waals surface area contributed by atoms with E-state index >= 15 is 0 Å². The lowest BCUT2D eigenvalue weighted by molar-refractivity contribution is -0.134. The van der Waals surface area contributed by atoms with Crippen LogP contribution in [0.1, 0.15) is 154 Å². The number of aromatic hydroxyl groups is 1. The molecule has 1 N–H and O–H groups in total. The number of unbranched alkanes of at least 4 members (excludes halogenated alkanes) is 15. The van der Waals surface area contributed by atoms with Crippen molar-refractivity contribution in [2.24, 2.45) is 5.92 Å². The molecule has 0 radical (unpaired) electrons. The van der Waals surface area contributed by atoms with Crippen molar-refractivity contribution in [3.8, 4) is 11.5 Å². The Morgan fingerprint density at radius 3 is 1.66 bits per heavy atom. The number of aryl methyl sites for hydroxylation is 1. The summed E-state index contributed by atoms with van der Waals surface area (Å²) < 4.78 is 5.68. The highest BCUT2D eigenvalue weighted by molar-refractivity contribution is 5.72. The predicted molar refractivity (Wildman–Crippen MR) is 150 cm³/mol. The SMILES string of the molecule is CCCCCCCCCCCCCCCCCC(=O)Oc1cc(CCCC)c(O)c(CC(C)C)c1. The first-order chi connectivity index (χ1) is 17.0. The van der Waals surface area contributed by atoms with E-state index in [2.05, 4.69) is 27.7 Å².